The number of hydrogen-bond donors (Lipinski definition) is 1. The molecule has 1 N–H and O–H groups in total. The zero-order valence-corrected chi connectivity index (χ0v) is 13.6. The monoisotopic (exact) mass is 279 g/mol. The van der Waals surface area contributed by atoms with Crippen molar-refractivity contribution in [1.82, 2.24) is 5.32 Å². The maximum atomic E-state index is 13.6. The summed E-state index contributed by atoms with van der Waals surface area (Å²) in [4.78, 5) is 0. The van der Waals surface area contributed by atoms with Gasteiger partial charge < -0.3 is 5.32 Å². The molecule has 0 aromatic heterocycles. The highest BCUT2D eigenvalue weighted by Crippen LogP contribution is 2.15. The molecule has 0 radical (unpaired) electrons. The van der Waals surface area contributed by atoms with Crippen molar-refractivity contribution in [2.45, 2.75) is 78.8 Å². The summed E-state index contributed by atoms with van der Waals surface area (Å²) < 4.78 is 13.6. The van der Waals surface area contributed by atoms with Crippen LogP contribution in [0.5, 0.6) is 0 Å². The molecule has 0 spiro atoms. The van der Waals surface area contributed by atoms with Crippen LogP contribution in [0.3, 0.4) is 0 Å². The highest BCUT2D eigenvalue weighted by molar-refractivity contribution is 5.30. The Kier molecular flexibility index (Phi) is 7.83. The average molecular weight is 279 g/mol. The fourth-order valence-corrected chi connectivity index (χ4v) is 2.59. The molecule has 0 bridgehead atoms. The topological polar surface area (TPSA) is 12.0 Å². The summed E-state index contributed by atoms with van der Waals surface area (Å²) in [7, 11) is 0. The Morgan fingerprint density at radius 3 is 2.25 bits per heavy atom. The quantitative estimate of drug-likeness (QED) is 0.606. The molecule has 0 aliphatic rings. The van der Waals surface area contributed by atoms with Gasteiger partial charge in [0.15, 0.2) is 0 Å². The first-order valence-corrected chi connectivity index (χ1v) is 8.03. The van der Waals surface area contributed by atoms with Crippen molar-refractivity contribution < 1.29 is 4.39 Å². The molecule has 0 fully saturated rings. The van der Waals surface area contributed by atoms with Crippen LogP contribution in [0, 0.1) is 19.7 Å². The second-order valence-corrected chi connectivity index (χ2v) is 6.03. The highest BCUT2D eigenvalue weighted by Gasteiger charge is 2.06. The largest absolute Gasteiger partial charge is 0.310 e. The van der Waals surface area contributed by atoms with Gasteiger partial charge in [-0.05, 0) is 43.9 Å². The summed E-state index contributed by atoms with van der Waals surface area (Å²) >= 11 is 0. The molecule has 1 aromatic rings. The van der Waals surface area contributed by atoms with E-state index in [0.29, 0.717) is 6.04 Å². The summed E-state index contributed by atoms with van der Waals surface area (Å²) in [6.45, 7) is 8.99. The van der Waals surface area contributed by atoms with Crippen LogP contribution in [-0.2, 0) is 6.54 Å². The molecular weight excluding hydrogens is 249 g/mol. The van der Waals surface area contributed by atoms with Gasteiger partial charge in [0.05, 0.1) is 0 Å². The summed E-state index contributed by atoms with van der Waals surface area (Å²) in [6.07, 6.45) is 7.89. The average Bonchev–Trinajstić information content (AvgIpc) is 2.42. The number of aryl methyl sites for hydroxylation is 2. The molecule has 1 unspecified atom stereocenters. The minimum Gasteiger partial charge on any atom is -0.310 e. The van der Waals surface area contributed by atoms with Crippen LogP contribution in [0.2, 0.25) is 0 Å². The molecular formula is C18H30FN. The lowest BCUT2D eigenvalue weighted by Crippen LogP contribution is -2.25. The van der Waals surface area contributed by atoms with Crippen LogP contribution in [0.15, 0.2) is 12.1 Å². The highest BCUT2D eigenvalue weighted by atomic mass is 19.1. The van der Waals surface area contributed by atoms with Crippen molar-refractivity contribution in [2.24, 2.45) is 0 Å². The van der Waals surface area contributed by atoms with Crippen molar-refractivity contribution in [1.29, 1.82) is 0 Å². The van der Waals surface area contributed by atoms with Gasteiger partial charge in [-0.3, -0.25) is 0 Å². The van der Waals surface area contributed by atoms with Gasteiger partial charge >= 0.3 is 0 Å². The van der Waals surface area contributed by atoms with Gasteiger partial charge in [-0.1, -0.05) is 51.2 Å². The fraction of sp³-hybridized carbons (Fsp3) is 0.667. The Hall–Kier alpha value is -0.890. The van der Waals surface area contributed by atoms with Gasteiger partial charge in [-0.15, -0.1) is 0 Å². The van der Waals surface area contributed by atoms with E-state index in [2.05, 4.69) is 19.2 Å². The van der Waals surface area contributed by atoms with Crippen LogP contribution >= 0.6 is 0 Å². The summed E-state index contributed by atoms with van der Waals surface area (Å²) in [6, 6.07) is 4.43. The molecule has 0 saturated heterocycles. The molecule has 2 heteroatoms. The smallest absolute Gasteiger partial charge is 0.129 e. The SMILES string of the molecule is CCCCCCCC(C)NCc1cc(C)c(F)c(C)c1. The van der Waals surface area contributed by atoms with E-state index >= 15 is 0 Å². The molecule has 20 heavy (non-hydrogen) atoms. The van der Waals surface area contributed by atoms with Crippen LogP contribution in [0.25, 0.3) is 0 Å². The molecule has 0 aliphatic carbocycles. The minimum absolute atomic E-state index is 0.0716. The van der Waals surface area contributed by atoms with Crippen LogP contribution in [-0.4, -0.2) is 6.04 Å². The molecule has 114 valence electrons. The van der Waals surface area contributed by atoms with Crippen molar-refractivity contribution in [3.05, 3.63) is 34.6 Å². The molecule has 0 saturated carbocycles. The zero-order chi connectivity index (χ0) is 15.0. The standard InChI is InChI=1S/C18H30FN/c1-5-6-7-8-9-10-16(4)20-13-17-11-14(2)18(19)15(3)12-17/h11-12,16,20H,5-10,13H2,1-4H3. The van der Waals surface area contributed by atoms with E-state index in [1.165, 1.54) is 44.1 Å². The Bertz CT molecular complexity index is 377. The number of nitrogens with one attached hydrogen (secondary N) is 1. The first kappa shape index (κ1) is 17.2. The minimum atomic E-state index is -0.0716. The number of halogens is 1. The molecule has 0 aliphatic heterocycles. The van der Waals surface area contributed by atoms with Crippen LogP contribution in [0.4, 0.5) is 4.39 Å². The second kappa shape index (κ2) is 9.12. The van der Waals surface area contributed by atoms with E-state index in [1.807, 2.05) is 26.0 Å². The fourth-order valence-electron chi connectivity index (χ4n) is 2.59. The van der Waals surface area contributed by atoms with Gasteiger partial charge in [-0.2, -0.15) is 0 Å². The van der Waals surface area contributed by atoms with Gasteiger partial charge in [0, 0.05) is 12.6 Å². The van der Waals surface area contributed by atoms with Gasteiger partial charge in [0.25, 0.3) is 0 Å². The molecule has 1 rings (SSSR count). The lowest BCUT2D eigenvalue weighted by molar-refractivity contribution is 0.479. The van der Waals surface area contributed by atoms with Crippen LogP contribution < -0.4 is 5.32 Å². The second-order valence-electron chi connectivity index (χ2n) is 6.03. The molecule has 0 heterocycles. The number of unbranched alkanes of at least 4 members (excludes halogenated alkanes) is 4. The summed E-state index contributed by atoms with van der Waals surface area (Å²) in [5.41, 5.74) is 2.67. The summed E-state index contributed by atoms with van der Waals surface area (Å²) in [5, 5.41) is 3.54. The molecule has 1 aromatic carbocycles. The molecule has 1 atom stereocenters. The Labute approximate surface area is 124 Å². The Morgan fingerprint density at radius 2 is 1.65 bits per heavy atom. The van der Waals surface area contributed by atoms with E-state index < -0.39 is 0 Å². The predicted molar refractivity (Wildman–Crippen MR) is 85.6 cm³/mol. The Balaban J connectivity index is 2.28. The molecule has 0 amide bonds. The maximum absolute atomic E-state index is 13.6. The zero-order valence-electron chi connectivity index (χ0n) is 13.6. The van der Waals surface area contributed by atoms with Crippen LogP contribution in [0.1, 0.15) is 69.1 Å². The van der Waals surface area contributed by atoms with Crippen molar-refractivity contribution in [3.63, 3.8) is 0 Å². The van der Waals surface area contributed by atoms with E-state index in [-0.39, 0.29) is 5.82 Å². The van der Waals surface area contributed by atoms with E-state index in [4.69, 9.17) is 0 Å². The lowest BCUT2D eigenvalue weighted by atomic mass is 10.0. The number of benzene rings is 1. The normalized spacial score (nSPS) is 12.7. The third-order valence-electron chi connectivity index (χ3n) is 3.89. The number of rotatable bonds is 9. The van der Waals surface area contributed by atoms with Gasteiger partial charge in [0.1, 0.15) is 5.82 Å². The lowest BCUT2D eigenvalue weighted by Gasteiger charge is -2.14. The predicted octanol–water partition coefficient (Wildman–Crippen LogP) is 5.28. The third kappa shape index (κ3) is 6.04. The first-order valence-electron chi connectivity index (χ1n) is 8.03. The molecule has 1 nitrogen and oxygen atoms in total. The summed E-state index contributed by atoms with van der Waals surface area (Å²) in [5.74, 6) is -0.0716. The number of hydrogen-bond acceptors (Lipinski definition) is 1. The van der Waals surface area contributed by atoms with E-state index in [9.17, 15) is 4.39 Å². The first-order chi connectivity index (χ1) is 9.54. The third-order valence-corrected chi connectivity index (χ3v) is 3.89. The van der Waals surface area contributed by atoms with E-state index in [0.717, 1.165) is 17.7 Å². The van der Waals surface area contributed by atoms with Gasteiger partial charge in [0.2, 0.25) is 0 Å². The van der Waals surface area contributed by atoms with Crippen molar-refractivity contribution >= 4 is 0 Å². The Morgan fingerprint density at radius 1 is 1.05 bits per heavy atom. The van der Waals surface area contributed by atoms with Crippen molar-refractivity contribution in [2.75, 3.05) is 0 Å². The van der Waals surface area contributed by atoms with E-state index in [1.54, 1.807) is 0 Å². The van der Waals surface area contributed by atoms with Gasteiger partial charge in [-0.25, -0.2) is 4.39 Å². The van der Waals surface area contributed by atoms with Crippen molar-refractivity contribution in [3.8, 4) is 0 Å². The maximum Gasteiger partial charge on any atom is 0.129 e.